The zero-order valence-electron chi connectivity index (χ0n) is 24.8. The lowest BCUT2D eigenvalue weighted by Gasteiger charge is -2.69. The second-order valence-corrected chi connectivity index (χ2v) is 14.9. The molecule has 5 rings (SSSR count). The third-order valence-electron chi connectivity index (χ3n) is 12.8. The van der Waals surface area contributed by atoms with Gasteiger partial charge in [-0.25, -0.2) is 0 Å². The van der Waals surface area contributed by atoms with Gasteiger partial charge < -0.3 is 9.47 Å². The summed E-state index contributed by atoms with van der Waals surface area (Å²) < 4.78 is 11.1. The number of carbonyl (C=O) groups is 2. The van der Waals surface area contributed by atoms with Gasteiger partial charge in [-0.1, -0.05) is 53.2 Å². The van der Waals surface area contributed by atoms with Crippen LogP contribution in [0.1, 0.15) is 106 Å². The summed E-state index contributed by atoms with van der Waals surface area (Å²) in [6, 6.07) is 2.43. The first-order valence-electron chi connectivity index (χ1n) is 14.8. The molecule has 0 heterocycles. The minimum absolute atomic E-state index is 0.00759. The molecule has 38 heavy (non-hydrogen) atoms. The van der Waals surface area contributed by atoms with Gasteiger partial charge in [-0.2, -0.15) is 5.26 Å². The monoisotopic (exact) mass is 521 g/mol. The molecule has 0 aliphatic heterocycles. The van der Waals surface area contributed by atoms with E-state index in [2.05, 4.69) is 53.7 Å². The smallest absolute Gasteiger partial charge is 0.312 e. The van der Waals surface area contributed by atoms with E-state index < -0.39 is 5.41 Å². The number of fused-ring (bicyclic) bond motifs is 7. The van der Waals surface area contributed by atoms with E-state index in [0.717, 1.165) is 51.4 Å². The summed E-state index contributed by atoms with van der Waals surface area (Å²) in [5.41, 5.74) is 2.02. The molecule has 0 aromatic carbocycles. The number of rotatable bonds is 2. The molecule has 0 aromatic heterocycles. The van der Waals surface area contributed by atoms with Crippen molar-refractivity contribution in [1.29, 1.82) is 5.26 Å². The first-order valence-corrected chi connectivity index (χ1v) is 14.8. The minimum Gasteiger partial charge on any atom is -0.469 e. The topological polar surface area (TPSA) is 76.4 Å². The third kappa shape index (κ3) is 3.54. The Kier molecular flexibility index (Phi) is 6.29. The van der Waals surface area contributed by atoms with E-state index in [1.165, 1.54) is 12.5 Å². The normalized spacial score (nSPS) is 45.3. The number of hydrogen-bond acceptors (Lipinski definition) is 5. The first kappa shape index (κ1) is 27.5. The predicted molar refractivity (Wildman–Crippen MR) is 146 cm³/mol. The molecule has 0 bridgehead atoms. The van der Waals surface area contributed by atoms with Crippen LogP contribution in [-0.2, 0) is 19.1 Å². The fourth-order valence-electron chi connectivity index (χ4n) is 10.6. The Morgan fingerprint density at radius 2 is 1.74 bits per heavy atom. The molecule has 3 fully saturated rings. The van der Waals surface area contributed by atoms with Crippen molar-refractivity contribution in [3.05, 3.63) is 23.0 Å². The highest BCUT2D eigenvalue weighted by Crippen LogP contribution is 2.75. The molecule has 0 N–H and O–H groups in total. The predicted octanol–water partition coefficient (Wildman–Crippen LogP) is 7.52. The third-order valence-corrected chi connectivity index (χ3v) is 12.8. The van der Waals surface area contributed by atoms with Gasteiger partial charge in [-0.3, -0.25) is 9.59 Å². The van der Waals surface area contributed by atoms with Crippen LogP contribution in [0.5, 0.6) is 0 Å². The fourth-order valence-corrected chi connectivity index (χ4v) is 10.6. The summed E-state index contributed by atoms with van der Waals surface area (Å²) >= 11 is 0. The molecule has 3 saturated carbocycles. The van der Waals surface area contributed by atoms with Gasteiger partial charge in [0.25, 0.3) is 0 Å². The van der Waals surface area contributed by atoms with E-state index >= 15 is 0 Å². The fraction of sp³-hybridized carbons (Fsp3) is 0.788. The quantitative estimate of drug-likeness (QED) is 0.277. The molecule has 0 saturated heterocycles. The van der Waals surface area contributed by atoms with Gasteiger partial charge in [0.05, 0.1) is 24.2 Å². The van der Waals surface area contributed by atoms with Gasteiger partial charge in [-0.15, -0.1) is 0 Å². The van der Waals surface area contributed by atoms with Crippen LogP contribution >= 0.6 is 0 Å². The van der Waals surface area contributed by atoms with Crippen molar-refractivity contribution in [3.8, 4) is 6.07 Å². The van der Waals surface area contributed by atoms with Crippen LogP contribution in [0.4, 0.5) is 0 Å². The maximum Gasteiger partial charge on any atom is 0.312 e. The van der Waals surface area contributed by atoms with Crippen LogP contribution in [0.2, 0.25) is 0 Å². The maximum atomic E-state index is 13.4. The van der Waals surface area contributed by atoms with Gasteiger partial charge in [0, 0.05) is 12.8 Å². The molecule has 8 unspecified atom stereocenters. The van der Waals surface area contributed by atoms with Crippen molar-refractivity contribution in [2.24, 2.45) is 50.7 Å². The molecular formula is C33H47NO4. The summed E-state index contributed by atoms with van der Waals surface area (Å²) in [7, 11) is 1.56. The van der Waals surface area contributed by atoms with Crippen molar-refractivity contribution in [2.75, 3.05) is 7.11 Å². The van der Waals surface area contributed by atoms with E-state index in [0.29, 0.717) is 29.6 Å². The van der Waals surface area contributed by atoms with Gasteiger partial charge in [0.15, 0.2) is 0 Å². The molecule has 5 nitrogen and oxygen atoms in total. The van der Waals surface area contributed by atoms with Crippen molar-refractivity contribution in [1.82, 2.24) is 0 Å². The number of hydrogen-bond donors (Lipinski definition) is 0. The van der Waals surface area contributed by atoms with Gasteiger partial charge in [-0.05, 0) is 97.2 Å². The summed E-state index contributed by atoms with van der Waals surface area (Å²) in [5.74, 6) is 1.34. The number of methoxy groups -OCH3 is 1. The maximum absolute atomic E-state index is 13.4. The average molecular weight is 522 g/mol. The molecule has 208 valence electrons. The Bertz CT molecular complexity index is 1160. The van der Waals surface area contributed by atoms with Crippen molar-refractivity contribution < 1.29 is 19.1 Å². The Morgan fingerprint density at radius 3 is 2.37 bits per heavy atom. The SMILES string of the molecule is COC(=O)C12CCC(C)(C)CC1C1=CCC3C4(C)CC(C#N)=C(OC(C)=O)C(C)C4CCC3(C)C1(C)CC2. The van der Waals surface area contributed by atoms with Gasteiger partial charge >= 0.3 is 11.9 Å². The van der Waals surface area contributed by atoms with Crippen molar-refractivity contribution in [3.63, 3.8) is 0 Å². The average Bonchev–Trinajstić information content (AvgIpc) is 2.85. The van der Waals surface area contributed by atoms with Gasteiger partial charge in [0.1, 0.15) is 5.76 Å². The van der Waals surface area contributed by atoms with Crippen LogP contribution in [0.25, 0.3) is 0 Å². The lowest BCUT2D eigenvalue weighted by molar-refractivity contribution is -0.178. The number of esters is 2. The molecule has 0 radical (unpaired) electrons. The molecule has 5 aliphatic rings. The lowest BCUT2D eigenvalue weighted by atomic mass is 9.34. The number of ether oxygens (including phenoxy) is 2. The van der Waals surface area contributed by atoms with E-state index in [9.17, 15) is 14.9 Å². The second kappa shape index (κ2) is 8.70. The number of carbonyl (C=O) groups excluding carboxylic acids is 2. The molecule has 0 aromatic rings. The van der Waals surface area contributed by atoms with Crippen LogP contribution in [-0.4, -0.2) is 19.0 Å². The zero-order valence-corrected chi connectivity index (χ0v) is 24.8. The zero-order chi connectivity index (χ0) is 27.9. The molecule has 0 spiro atoms. The number of allylic oxidation sites excluding steroid dienone is 4. The Hall–Kier alpha value is -2.09. The summed E-state index contributed by atoms with van der Waals surface area (Å²) in [6.45, 7) is 15.7. The van der Waals surface area contributed by atoms with Crippen LogP contribution in [0.3, 0.4) is 0 Å². The van der Waals surface area contributed by atoms with Gasteiger partial charge in [0.2, 0.25) is 0 Å². The second-order valence-electron chi connectivity index (χ2n) is 14.9. The van der Waals surface area contributed by atoms with E-state index in [4.69, 9.17) is 9.47 Å². The highest BCUT2D eigenvalue weighted by atomic mass is 16.5. The molecule has 5 aliphatic carbocycles. The van der Waals surface area contributed by atoms with Crippen LogP contribution in [0, 0.1) is 62.1 Å². The van der Waals surface area contributed by atoms with Crippen LogP contribution in [0.15, 0.2) is 23.0 Å². The molecular weight excluding hydrogens is 474 g/mol. The summed E-state index contributed by atoms with van der Waals surface area (Å²) in [5, 5.41) is 10.1. The molecule has 8 atom stereocenters. The Balaban J connectivity index is 1.59. The van der Waals surface area contributed by atoms with Crippen molar-refractivity contribution in [2.45, 2.75) is 106 Å². The Morgan fingerprint density at radius 1 is 1.05 bits per heavy atom. The van der Waals surface area contributed by atoms with Crippen molar-refractivity contribution >= 4 is 11.9 Å². The molecule has 5 heteroatoms. The molecule has 0 amide bonds. The summed E-state index contributed by atoms with van der Waals surface area (Å²) in [4.78, 5) is 25.3. The number of nitrogens with zero attached hydrogens (tertiary/aromatic N) is 1. The van der Waals surface area contributed by atoms with Crippen LogP contribution < -0.4 is 0 Å². The van der Waals surface area contributed by atoms with E-state index in [1.54, 1.807) is 7.11 Å². The highest BCUT2D eigenvalue weighted by molar-refractivity contribution is 5.78. The largest absolute Gasteiger partial charge is 0.469 e. The number of nitriles is 1. The van der Waals surface area contributed by atoms with E-state index in [-0.39, 0.29) is 45.4 Å². The minimum atomic E-state index is -0.394. The van der Waals surface area contributed by atoms with E-state index in [1.807, 2.05) is 0 Å². The lowest BCUT2D eigenvalue weighted by Crippen LogP contribution is -2.63. The standard InChI is InChI=1S/C33H47NO4/c1-20-23-11-12-32(7)26(30(23,5)17-22(19-34)27(20)38-21(2)35)10-9-24-25-18-29(3,4)13-15-33(25,28(36)37-8)16-14-31(24,32)6/h9,20,23,25-26H,10-18H2,1-8H3. The first-order chi connectivity index (χ1) is 17.7. The summed E-state index contributed by atoms with van der Waals surface area (Å²) in [6.07, 6.45) is 11.3. The highest BCUT2D eigenvalue weighted by Gasteiger charge is 2.68. The Labute approximate surface area is 229 Å².